The van der Waals surface area contributed by atoms with Gasteiger partial charge in [-0.25, -0.2) is 13.6 Å². The fraction of sp³-hybridized carbons (Fsp3) is 0.357. The van der Waals surface area contributed by atoms with Crippen molar-refractivity contribution in [1.82, 2.24) is 15.5 Å². The number of hydrogen-bond acceptors (Lipinski definition) is 5. The standard InChI is InChI=1S/C14H14F2N4O2S/c1-22-10-5-3-2-4-7(10)8-6-9(8)17-13(21)18-14-20-19-12(23-14)11(15)16/h2-5,8-9,11H,6H2,1H3,(H2,17,18,20,21)/t8-,9+/m0/s1. The smallest absolute Gasteiger partial charge is 0.321 e. The minimum Gasteiger partial charge on any atom is -0.496 e. The molecule has 6 nitrogen and oxygen atoms in total. The first kappa shape index (κ1) is 15.6. The molecular formula is C14H14F2N4O2S. The molecule has 0 saturated heterocycles. The average Bonchev–Trinajstić information content (AvgIpc) is 3.12. The van der Waals surface area contributed by atoms with Crippen molar-refractivity contribution in [2.24, 2.45) is 0 Å². The van der Waals surface area contributed by atoms with Crippen molar-refractivity contribution in [2.45, 2.75) is 24.8 Å². The van der Waals surface area contributed by atoms with Gasteiger partial charge in [0.05, 0.1) is 7.11 Å². The molecule has 1 heterocycles. The summed E-state index contributed by atoms with van der Waals surface area (Å²) in [4.78, 5) is 11.9. The van der Waals surface area contributed by atoms with Crippen molar-refractivity contribution < 1.29 is 18.3 Å². The second-order valence-corrected chi connectivity index (χ2v) is 6.04. The van der Waals surface area contributed by atoms with Crippen LogP contribution in [0.15, 0.2) is 24.3 Å². The summed E-state index contributed by atoms with van der Waals surface area (Å²) in [6, 6.07) is 7.13. The molecule has 0 radical (unpaired) electrons. The van der Waals surface area contributed by atoms with Gasteiger partial charge >= 0.3 is 6.03 Å². The molecule has 0 unspecified atom stereocenters. The highest BCUT2D eigenvalue weighted by Crippen LogP contribution is 2.44. The number of halogens is 2. The molecule has 0 aliphatic heterocycles. The van der Waals surface area contributed by atoms with Crippen molar-refractivity contribution in [3.8, 4) is 5.75 Å². The van der Waals surface area contributed by atoms with Gasteiger partial charge in [0.25, 0.3) is 6.43 Å². The zero-order valence-corrected chi connectivity index (χ0v) is 12.9. The van der Waals surface area contributed by atoms with Crippen LogP contribution in [0.1, 0.15) is 29.3 Å². The molecule has 1 aromatic heterocycles. The number of urea groups is 1. The summed E-state index contributed by atoms with van der Waals surface area (Å²) in [5.74, 6) is 0.968. The Morgan fingerprint density at radius 2 is 2.17 bits per heavy atom. The molecule has 2 atom stereocenters. The molecule has 0 bridgehead atoms. The molecular weight excluding hydrogens is 326 g/mol. The van der Waals surface area contributed by atoms with Gasteiger partial charge in [-0.05, 0) is 18.1 Å². The highest BCUT2D eigenvalue weighted by molar-refractivity contribution is 7.15. The number of amides is 2. The molecule has 1 fully saturated rings. The molecule has 9 heteroatoms. The number of carbonyl (C=O) groups excluding carboxylic acids is 1. The number of anilines is 1. The van der Waals surface area contributed by atoms with Gasteiger partial charge < -0.3 is 10.1 Å². The molecule has 0 spiro atoms. The topological polar surface area (TPSA) is 76.1 Å². The van der Waals surface area contributed by atoms with Crippen LogP contribution in [0.25, 0.3) is 0 Å². The van der Waals surface area contributed by atoms with Crippen LogP contribution in [-0.4, -0.2) is 29.4 Å². The molecule has 23 heavy (non-hydrogen) atoms. The average molecular weight is 340 g/mol. The zero-order chi connectivity index (χ0) is 16.4. The summed E-state index contributed by atoms with van der Waals surface area (Å²) in [5.41, 5.74) is 1.04. The number of nitrogens with one attached hydrogen (secondary N) is 2. The summed E-state index contributed by atoms with van der Waals surface area (Å²) >= 11 is 0.656. The first-order chi connectivity index (χ1) is 11.1. The number of hydrogen-bond donors (Lipinski definition) is 2. The van der Waals surface area contributed by atoms with E-state index >= 15 is 0 Å². The van der Waals surface area contributed by atoms with Gasteiger partial charge in [0.1, 0.15) is 5.75 Å². The normalized spacial score (nSPS) is 19.5. The summed E-state index contributed by atoms with van der Waals surface area (Å²) in [5, 5.41) is 11.7. The molecule has 1 aliphatic rings. The van der Waals surface area contributed by atoms with Crippen LogP contribution in [-0.2, 0) is 0 Å². The summed E-state index contributed by atoms with van der Waals surface area (Å²) in [7, 11) is 1.60. The van der Waals surface area contributed by atoms with Gasteiger partial charge in [0.2, 0.25) is 5.13 Å². The van der Waals surface area contributed by atoms with E-state index in [2.05, 4.69) is 20.8 Å². The Hall–Kier alpha value is -2.29. The van der Waals surface area contributed by atoms with Gasteiger partial charge in [-0.2, -0.15) is 0 Å². The van der Waals surface area contributed by atoms with Crippen LogP contribution in [0.4, 0.5) is 18.7 Å². The predicted molar refractivity (Wildman–Crippen MR) is 81.2 cm³/mol. The van der Waals surface area contributed by atoms with Crippen LogP contribution >= 0.6 is 11.3 Å². The van der Waals surface area contributed by atoms with Crippen LogP contribution in [0.2, 0.25) is 0 Å². The Bertz CT molecular complexity index is 710. The minimum absolute atomic E-state index is 0.0196. The Labute approximate surface area is 134 Å². The van der Waals surface area contributed by atoms with E-state index in [1.165, 1.54) is 0 Å². The first-order valence-corrected chi connectivity index (χ1v) is 7.72. The molecule has 3 rings (SSSR count). The number of alkyl halides is 2. The number of rotatable bonds is 5. The number of nitrogens with zero attached hydrogens (tertiary/aromatic N) is 2. The van der Waals surface area contributed by atoms with Crippen molar-refractivity contribution >= 4 is 22.5 Å². The van der Waals surface area contributed by atoms with Crippen LogP contribution in [0.5, 0.6) is 5.75 Å². The SMILES string of the molecule is COc1ccccc1[C@@H]1C[C@H]1NC(=O)Nc1nnc(C(F)F)s1. The Morgan fingerprint density at radius 1 is 1.39 bits per heavy atom. The van der Waals surface area contributed by atoms with E-state index in [0.29, 0.717) is 11.3 Å². The third kappa shape index (κ3) is 3.55. The van der Waals surface area contributed by atoms with Crippen LogP contribution < -0.4 is 15.4 Å². The Kier molecular flexibility index (Phi) is 4.37. The highest BCUT2D eigenvalue weighted by atomic mass is 32.1. The van der Waals surface area contributed by atoms with Crippen molar-refractivity contribution in [1.29, 1.82) is 0 Å². The maximum Gasteiger partial charge on any atom is 0.321 e. The van der Waals surface area contributed by atoms with Crippen LogP contribution in [0.3, 0.4) is 0 Å². The van der Waals surface area contributed by atoms with Gasteiger partial charge in [-0.15, -0.1) is 10.2 Å². The summed E-state index contributed by atoms with van der Waals surface area (Å²) < 4.78 is 30.1. The van der Waals surface area contributed by atoms with E-state index in [1.807, 2.05) is 24.3 Å². The Morgan fingerprint density at radius 3 is 2.87 bits per heavy atom. The summed E-state index contributed by atoms with van der Waals surface area (Å²) in [6.45, 7) is 0. The van der Waals surface area contributed by atoms with Crippen LogP contribution in [0, 0.1) is 0 Å². The van der Waals surface area contributed by atoms with E-state index in [9.17, 15) is 13.6 Å². The van der Waals surface area contributed by atoms with E-state index in [4.69, 9.17) is 4.74 Å². The lowest BCUT2D eigenvalue weighted by atomic mass is 10.1. The fourth-order valence-electron chi connectivity index (χ4n) is 2.35. The molecule has 122 valence electrons. The largest absolute Gasteiger partial charge is 0.496 e. The predicted octanol–water partition coefficient (Wildman–Crippen LogP) is 3.16. The van der Waals surface area contributed by atoms with E-state index < -0.39 is 17.5 Å². The number of ether oxygens (including phenoxy) is 1. The molecule has 2 aromatic rings. The number of methoxy groups -OCH3 is 1. The fourth-order valence-corrected chi connectivity index (χ4v) is 2.94. The number of carbonyl (C=O) groups is 1. The van der Waals surface area contributed by atoms with Crippen molar-refractivity contribution in [3.63, 3.8) is 0 Å². The minimum atomic E-state index is -2.69. The lowest BCUT2D eigenvalue weighted by Crippen LogP contribution is -2.31. The zero-order valence-electron chi connectivity index (χ0n) is 12.1. The molecule has 1 aliphatic carbocycles. The molecule has 2 N–H and O–H groups in total. The second-order valence-electron chi connectivity index (χ2n) is 5.04. The quantitative estimate of drug-likeness (QED) is 0.877. The maximum atomic E-state index is 12.4. The number of para-hydroxylation sites is 1. The third-order valence-electron chi connectivity index (χ3n) is 3.49. The second kappa shape index (κ2) is 6.45. The van der Waals surface area contributed by atoms with E-state index in [0.717, 1.165) is 17.7 Å². The lowest BCUT2D eigenvalue weighted by molar-refractivity contribution is 0.150. The molecule has 2 amide bonds. The van der Waals surface area contributed by atoms with Gasteiger partial charge in [0.15, 0.2) is 5.01 Å². The highest BCUT2D eigenvalue weighted by Gasteiger charge is 2.41. The van der Waals surface area contributed by atoms with E-state index in [1.54, 1.807) is 7.11 Å². The number of aromatic nitrogens is 2. The monoisotopic (exact) mass is 340 g/mol. The van der Waals surface area contributed by atoms with Gasteiger partial charge in [0, 0.05) is 12.0 Å². The van der Waals surface area contributed by atoms with E-state index in [-0.39, 0.29) is 17.1 Å². The number of benzene rings is 1. The summed E-state index contributed by atoms with van der Waals surface area (Å²) in [6.07, 6.45) is -1.89. The molecule has 1 saturated carbocycles. The first-order valence-electron chi connectivity index (χ1n) is 6.90. The van der Waals surface area contributed by atoms with Crippen molar-refractivity contribution in [3.05, 3.63) is 34.8 Å². The van der Waals surface area contributed by atoms with Gasteiger partial charge in [-0.3, -0.25) is 5.32 Å². The Balaban J connectivity index is 1.55. The van der Waals surface area contributed by atoms with Crippen molar-refractivity contribution in [2.75, 3.05) is 12.4 Å². The molecule has 1 aromatic carbocycles. The lowest BCUT2D eigenvalue weighted by Gasteiger charge is -2.08. The third-order valence-corrected chi connectivity index (χ3v) is 4.34. The maximum absolute atomic E-state index is 12.4. The van der Waals surface area contributed by atoms with Gasteiger partial charge in [-0.1, -0.05) is 29.5 Å².